The van der Waals surface area contributed by atoms with E-state index < -0.39 is 10.0 Å². The first-order valence-electron chi connectivity index (χ1n) is 17.8. The highest BCUT2D eigenvalue weighted by molar-refractivity contribution is 7.89. The molecule has 0 amide bonds. The van der Waals surface area contributed by atoms with Crippen LogP contribution in [0.5, 0.6) is 34.5 Å². The van der Waals surface area contributed by atoms with Gasteiger partial charge in [0.2, 0.25) is 10.0 Å². The van der Waals surface area contributed by atoms with Gasteiger partial charge in [-0.1, -0.05) is 18.2 Å². The first-order chi connectivity index (χ1) is 26.3. The van der Waals surface area contributed by atoms with Crippen LogP contribution in [0.3, 0.4) is 0 Å². The second-order valence-corrected chi connectivity index (χ2v) is 14.9. The average Bonchev–Trinajstić information content (AvgIpc) is 3.73. The lowest BCUT2D eigenvalue weighted by Crippen LogP contribution is -2.30. The van der Waals surface area contributed by atoms with Gasteiger partial charge in [0, 0.05) is 72.7 Å². The summed E-state index contributed by atoms with van der Waals surface area (Å²) in [5.74, 6) is 3.55. The molecule has 0 saturated heterocycles. The standard InChI is InChI=1S/C42H47N3O8S/c1-48-36-17-12-31(40(24-36)51-4)28-44(29-32-13-18-37(49-2)25-41(32)52-5)54(46,47)38-19-14-33(15-20-38)45(27-30-9-8-22-43-26-30)34-16-21-39(50-3)42(23-34)53-35-10-6-7-11-35/h8-9,12-26,35H,6-7,10-11,27-29H2,1-5H3. The van der Waals surface area contributed by atoms with Crippen LogP contribution in [0.1, 0.15) is 42.4 Å². The Morgan fingerprint density at radius 3 is 1.76 bits per heavy atom. The molecule has 1 aromatic heterocycles. The number of hydrogen-bond acceptors (Lipinski definition) is 10. The summed E-state index contributed by atoms with van der Waals surface area (Å²) in [6, 6.07) is 27.4. The lowest BCUT2D eigenvalue weighted by molar-refractivity contribution is 0.201. The topological polar surface area (TPSA) is 109 Å². The quantitative estimate of drug-likeness (QED) is 0.0923. The molecule has 0 N–H and O–H groups in total. The van der Waals surface area contributed by atoms with Crippen molar-refractivity contribution in [3.8, 4) is 34.5 Å². The van der Waals surface area contributed by atoms with E-state index in [0.717, 1.165) is 42.6 Å². The number of ether oxygens (including phenoxy) is 6. The zero-order valence-corrected chi connectivity index (χ0v) is 32.2. The number of anilines is 2. The molecule has 0 aliphatic heterocycles. The maximum Gasteiger partial charge on any atom is 0.243 e. The van der Waals surface area contributed by atoms with Crippen LogP contribution in [-0.2, 0) is 29.7 Å². The highest BCUT2D eigenvalue weighted by Crippen LogP contribution is 2.39. The van der Waals surface area contributed by atoms with Gasteiger partial charge in [-0.25, -0.2) is 8.42 Å². The number of aromatic nitrogens is 1. The molecule has 4 aromatic carbocycles. The molecule has 1 aliphatic rings. The molecule has 1 heterocycles. The Morgan fingerprint density at radius 1 is 0.630 bits per heavy atom. The zero-order valence-electron chi connectivity index (χ0n) is 31.4. The van der Waals surface area contributed by atoms with Gasteiger partial charge < -0.3 is 33.3 Å². The highest BCUT2D eigenvalue weighted by atomic mass is 32.2. The average molecular weight is 754 g/mol. The fraction of sp³-hybridized carbons (Fsp3) is 0.310. The van der Waals surface area contributed by atoms with E-state index >= 15 is 0 Å². The Morgan fingerprint density at radius 2 is 1.22 bits per heavy atom. The van der Waals surface area contributed by atoms with E-state index in [-0.39, 0.29) is 24.1 Å². The number of nitrogens with zero attached hydrogens (tertiary/aromatic N) is 3. The molecule has 0 atom stereocenters. The molecule has 0 bridgehead atoms. The van der Waals surface area contributed by atoms with Crippen LogP contribution in [-0.4, -0.2) is 59.4 Å². The Hall–Kier alpha value is -5.46. The van der Waals surface area contributed by atoms with Gasteiger partial charge in [-0.05, 0) is 85.8 Å². The lowest BCUT2D eigenvalue weighted by Gasteiger charge is -2.27. The molecule has 1 aliphatic carbocycles. The normalized spacial score (nSPS) is 13.1. The molecule has 1 fully saturated rings. The first kappa shape index (κ1) is 38.3. The van der Waals surface area contributed by atoms with Crippen molar-refractivity contribution in [2.75, 3.05) is 40.4 Å². The molecule has 54 heavy (non-hydrogen) atoms. The van der Waals surface area contributed by atoms with Crippen LogP contribution < -0.4 is 33.3 Å². The van der Waals surface area contributed by atoms with E-state index in [9.17, 15) is 8.42 Å². The number of methoxy groups -OCH3 is 5. The van der Waals surface area contributed by atoms with Crippen molar-refractivity contribution in [1.82, 2.24) is 9.29 Å². The van der Waals surface area contributed by atoms with E-state index in [0.29, 0.717) is 52.2 Å². The van der Waals surface area contributed by atoms with Crippen LogP contribution in [0, 0.1) is 0 Å². The minimum atomic E-state index is -4.08. The van der Waals surface area contributed by atoms with E-state index in [2.05, 4.69) is 9.88 Å². The second kappa shape index (κ2) is 17.6. The summed E-state index contributed by atoms with van der Waals surface area (Å²) in [4.78, 5) is 6.57. The van der Waals surface area contributed by atoms with E-state index in [4.69, 9.17) is 28.4 Å². The number of hydrogen-bond donors (Lipinski definition) is 0. The number of rotatable bonds is 17. The molecule has 284 valence electrons. The lowest BCUT2D eigenvalue weighted by atomic mass is 10.1. The molecule has 6 rings (SSSR count). The van der Waals surface area contributed by atoms with Crippen LogP contribution in [0.4, 0.5) is 11.4 Å². The molecule has 1 saturated carbocycles. The van der Waals surface area contributed by atoms with Gasteiger partial charge in [-0.15, -0.1) is 0 Å². The largest absolute Gasteiger partial charge is 0.497 e. The summed E-state index contributed by atoms with van der Waals surface area (Å²) in [7, 11) is 3.80. The molecular formula is C42H47N3O8S. The van der Waals surface area contributed by atoms with Crippen LogP contribution in [0.25, 0.3) is 0 Å². The molecule has 12 heteroatoms. The van der Waals surface area contributed by atoms with E-state index in [1.807, 2.05) is 60.8 Å². The summed E-state index contributed by atoms with van der Waals surface area (Å²) in [5, 5.41) is 0. The summed E-state index contributed by atoms with van der Waals surface area (Å²) in [5.41, 5.74) is 3.97. The third-order valence-electron chi connectivity index (χ3n) is 9.59. The van der Waals surface area contributed by atoms with E-state index in [1.165, 1.54) is 4.31 Å². The monoisotopic (exact) mass is 753 g/mol. The minimum Gasteiger partial charge on any atom is -0.497 e. The SMILES string of the molecule is COc1ccc(CN(Cc2ccc(OC)cc2OC)S(=O)(=O)c2ccc(N(Cc3cccnc3)c3ccc(OC)c(OC4CCCC4)c3)cc2)c(OC)c1. The van der Waals surface area contributed by atoms with Gasteiger partial charge in [-0.3, -0.25) is 4.98 Å². The van der Waals surface area contributed by atoms with Crippen molar-refractivity contribution in [2.45, 2.75) is 56.3 Å². The Kier molecular flexibility index (Phi) is 12.5. The second-order valence-electron chi connectivity index (χ2n) is 12.9. The van der Waals surface area contributed by atoms with Gasteiger partial charge in [0.25, 0.3) is 0 Å². The smallest absolute Gasteiger partial charge is 0.243 e. The van der Waals surface area contributed by atoms with Crippen molar-refractivity contribution in [2.24, 2.45) is 0 Å². The van der Waals surface area contributed by atoms with Gasteiger partial charge in [0.1, 0.15) is 23.0 Å². The van der Waals surface area contributed by atoms with Gasteiger partial charge in [-0.2, -0.15) is 4.31 Å². The maximum atomic E-state index is 14.7. The predicted molar refractivity (Wildman–Crippen MR) is 208 cm³/mol. The Labute approximate surface area is 318 Å². The molecule has 11 nitrogen and oxygen atoms in total. The molecule has 5 aromatic rings. The minimum absolute atomic E-state index is 0.0230. The van der Waals surface area contributed by atoms with Gasteiger partial charge >= 0.3 is 0 Å². The van der Waals surface area contributed by atoms with Gasteiger partial charge in [0.15, 0.2) is 11.5 Å². The summed E-state index contributed by atoms with van der Waals surface area (Å²) in [6.45, 7) is 0.528. The van der Waals surface area contributed by atoms with Gasteiger partial charge in [0.05, 0.1) is 46.5 Å². The third kappa shape index (κ3) is 8.83. The van der Waals surface area contributed by atoms with Crippen molar-refractivity contribution < 1.29 is 36.8 Å². The fourth-order valence-electron chi connectivity index (χ4n) is 6.63. The first-order valence-corrected chi connectivity index (χ1v) is 19.2. The molecule has 0 unspecified atom stereocenters. The molecule has 0 radical (unpaired) electrons. The zero-order chi connectivity index (χ0) is 38.1. The van der Waals surface area contributed by atoms with Crippen molar-refractivity contribution in [3.63, 3.8) is 0 Å². The number of pyridine rings is 1. The maximum absolute atomic E-state index is 14.7. The number of benzene rings is 4. The van der Waals surface area contributed by atoms with Crippen molar-refractivity contribution in [1.29, 1.82) is 0 Å². The molecular weight excluding hydrogens is 707 g/mol. The van der Waals surface area contributed by atoms with E-state index in [1.54, 1.807) is 78.1 Å². The van der Waals surface area contributed by atoms with Crippen LogP contribution in [0.2, 0.25) is 0 Å². The third-order valence-corrected chi connectivity index (χ3v) is 11.4. The van der Waals surface area contributed by atoms with Crippen molar-refractivity contribution >= 4 is 21.4 Å². The number of sulfonamides is 1. The fourth-order valence-corrected chi connectivity index (χ4v) is 8.03. The summed E-state index contributed by atoms with van der Waals surface area (Å²) >= 11 is 0. The summed E-state index contributed by atoms with van der Waals surface area (Å²) < 4.78 is 64.9. The predicted octanol–water partition coefficient (Wildman–Crippen LogP) is 8.18. The van der Waals surface area contributed by atoms with Crippen LogP contribution in [0.15, 0.2) is 108 Å². The molecule has 0 spiro atoms. The Bertz CT molecular complexity index is 2050. The van der Waals surface area contributed by atoms with Crippen LogP contribution >= 0.6 is 0 Å². The summed E-state index contributed by atoms with van der Waals surface area (Å²) in [6.07, 6.45) is 8.02. The highest BCUT2D eigenvalue weighted by Gasteiger charge is 2.28. The Balaban J connectivity index is 1.37. The van der Waals surface area contributed by atoms with Crippen molar-refractivity contribution in [3.05, 3.63) is 120 Å².